The van der Waals surface area contributed by atoms with E-state index in [1.165, 1.54) is 24.9 Å². The summed E-state index contributed by atoms with van der Waals surface area (Å²) >= 11 is 0. The summed E-state index contributed by atoms with van der Waals surface area (Å²) in [6, 6.07) is 8.85. The van der Waals surface area contributed by atoms with Crippen LogP contribution < -0.4 is 15.8 Å². The number of rotatable bonds is 8. The fourth-order valence-electron chi connectivity index (χ4n) is 3.42. The van der Waals surface area contributed by atoms with E-state index in [-0.39, 0.29) is 30.0 Å². The molecule has 2 unspecified atom stereocenters. The molecule has 1 heterocycles. The fourth-order valence-corrected chi connectivity index (χ4v) is 3.42. The number of aliphatic imine (C=N–C) groups is 1. The van der Waals surface area contributed by atoms with Crippen LogP contribution in [0, 0.1) is 0 Å². The second kappa shape index (κ2) is 11.6. The van der Waals surface area contributed by atoms with E-state index in [1.807, 2.05) is 12.1 Å². The zero-order valence-electron chi connectivity index (χ0n) is 16.4. The first kappa shape index (κ1) is 23.0. The lowest BCUT2D eigenvalue weighted by atomic mass is 10.1. The zero-order chi connectivity index (χ0) is 18.2. The van der Waals surface area contributed by atoms with Crippen molar-refractivity contribution in [3.63, 3.8) is 0 Å². The van der Waals surface area contributed by atoms with Gasteiger partial charge in [-0.2, -0.15) is 0 Å². The van der Waals surface area contributed by atoms with E-state index in [0.717, 1.165) is 18.8 Å². The molecule has 0 bridgehead atoms. The van der Waals surface area contributed by atoms with Gasteiger partial charge >= 0.3 is 0 Å². The highest BCUT2D eigenvalue weighted by Crippen LogP contribution is 2.23. The van der Waals surface area contributed by atoms with Crippen LogP contribution in [-0.2, 0) is 0 Å². The molecule has 1 aromatic rings. The van der Waals surface area contributed by atoms with E-state index in [9.17, 15) is 0 Å². The molecular weight excluding hydrogens is 441 g/mol. The first-order chi connectivity index (χ1) is 12.0. The third-order valence-electron chi connectivity index (χ3n) is 4.96. The standard InChI is InChI=1S/C19H33N5O.HI/c1-5-24-11-7-9-16(24)13-21-19(20)22-14-18(23(2)3)15-8-6-10-17(12-15)25-4;/h6,8,10,12,16,18H,5,7,9,11,13-14H2,1-4H3,(H3,20,21,22);1H. The van der Waals surface area contributed by atoms with Crippen molar-refractivity contribution in [3.8, 4) is 5.75 Å². The van der Waals surface area contributed by atoms with E-state index in [0.29, 0.717) is 18.5 Å². The minimum Gasteiger partial charge on any atom is -0.497 e. The smallest absolute Gasteiger partial charge is 0.188 e. The Morgan fingerprint density at radius 2 is 2.23 bits per heavy atom. The van der Waals surface area contributed by atoms with Gasteiger partial charge in [0.1, 0.15) is 5.75 Å². The maximum atomic E-state index is 6.10. The van der Waals surface area contributed by atoms with Crippen LogP contribution in [0.4, 0.5) is 0 Å². The summed E-state index contributed by atoms with van der Waals surface area (Å²) in [5.41, 5.74) is 7.27. The summed E-state index contributed by atoms with van der Waals surface area (Å²) in [7, 11) is 5.80. The minimum absolute atomic E-state index is 0. The van der Waals surface area contributed by atoms with E-state index >= 15 is 0 Å². The number of nitrogens with one attached hydrogen (secondary N) is 1. The lowest BCUT2D eigenvalue weighted by Gasteiger charge is -2.25. The molecule has 0 aromatic heterocycles. The molecule has 1 aromatic carbocycles. The van der Waals surface area contributed by atoms with Crippen LogP contribution in [0.5, 0.6) is 5.75 Å². The largest absolute Gasteiger partial charge is 0.497 e. The molecule has 2 atom stereocenters. The Morgan fingerprint density at radius 1 is 1.46 bits per heavy atom. The second-order valence-electron chi connectivity index (χ2n) is 6.79. The molecule has 6 nitrogen and oxygen atoms in total. The Labute approximate surface area is 175 Å². The number of nitrogens with two attached hydrogens (primary N) is 1. The molecular formula is C19H34IN5O. The first-order valence-electron chi connectivity index (χ1n) is 9.13. The van der Waals surface area contributed by atoms with Crippen LogP contribution in [0.1, 0.15) is 31.4 Å². The van der Waals surface area contributed by atoms with Gasteiger partial charge < -0.3 is 20.7 Å². The van der Waals surface area contributed by atoms with Crippen molar-refractivity contribution in [2.24, 2.45) is 10.7 Å². The number of likely N-dealkylation sites (N-methyl/N-ethyl adjacent to an activating group) is 2. The highest BCUT2D eigenvalue weighted by atomic mass is 127. The van der Waals surface area contributed by atoms with Gasteiger partial charge in [0, 0.05) is 12.6 Å². The molecule has 0 saturated carbocycles. The van der Waals surface area contributed by atoms with Crippen LogP contribution in [0.15, 0.2) is 29.3 Å². The summed E-state index contributed by atoms with van der Waals surface area (Å²) in [6.45, 7) is 5.99. The Morgan fingerprint density at radius 3 is 2.88 bits per heavy atom. The minimum atomic E-state index is 0. The molecule has 0 radical (unpaired) electrons. The lowest BCUT2D eigenvalue weighted by molar-refractivity contribution is 0.267. The molecule has 0 spiro atoms. The highest BCUT2D eigenvalue weighted by molar-refractivity contribution is 14.0. The number of benzene rings is 1. The van der Waals surface area contributed by atoms with Crippen LogP contribution in [0.25, 0.3) is 0 Å². The van der Waals surface area contributed by atoms with Crippen LogP contribution in [0.3, 0.4) is 0 Å². The van der Waals surface area contributed by atoms with Gasteiger partial charge in [0.2, 0.25) is 0 Å². The van der Waals surface area contributed by atoms with Gasteiger partial charge in [-0.3, -0.25) is 9.89 Å². The van der Waals surface area contributed by atoms with Crippen molar-refractivity contribution in [2.45, 2.75) is 31.8 Å². The third kappa shape index (κ3) is 6.59. The quantitative estimate of drug-likeness (QED) is 0.343. The molecule has 0 aliphatic carbocycles. The van der Waals surface area contributed by atoms with Gasteiger partial charge in [-0.25, -0.2) is 0 Å². The van der Waals surface area contributed by atoms with Gasteiger partial charge in [0.05, 0.1) is 19.7 Å². The summed E-state index contributed by atoms with van der Waals surface area (Å²) in [4.78, 5) is 9.23. The molecule has 3 N–H and O–H groups in total. The fraction of sp³-hybridized carbons (Fsp3) is 0.632. The van der Waals surface area contributed by atoms with E-state index < -0.39 is 0 Å². The summed E-state index contributed by atoms with van der Waals surface area (Å²) in [5.74, 6) is 1.39. The summed E-state index contributed by atoms with van der Waals surface area (Å²) < 4.78 is 5.33. The summed E-state index contributed by atoms with van der Waals surface area (Å²) in [6.07, 6.45) is 2.51. The van der Waals surface area contributed by atoms with Crippen molar-refractivity contribution >= 4 is 29.9 Å². The number of halogens is 1. The number of likely N-dealkylation sites (tertiary alicyclic amines) is 1. The SMILES string of the molecule is CCN1CCCC1CNC(N)=NCC(c1cccc(OC)c1)N(C)C.I. The van der Waals surface area contributed by atoms with Crippen molar-refractivity contribution in [3.05, 3.63) is 29.8 Å². The van der Waals surface area contributed by atoms with E-state index in [1.54, 1.807) is 7.11 Å². The number of ether oxygens (including phenoxy) is 1. The van der Waals surface area contributed by atoms with Crippen molar-refractivity contribution in [2.75, 3.05) is 47.4 Å². The first-order valence-corrected chi connectivity index (χ1v) is 9.13. The number of nitrogens with zero attached hydrogens (tertiary/aromatic N) is 3. The third-order valence-corrected chi connectivity index (χ3v) is 4.96. The van der Waals surface area contributed by atoms with Crippen LogP contribution >= 0.6 is 24.0 Å². The molecule has 0 amide bonds. The van der Waals surface area contributed by atoms with Crippen molar-refractivity contribution in [1.82, 2.24) is 15.1 Å². The topological polar surface area (TPSA) is 66.1 Å². The average molecular weight is 475 g/mol. The maximum absolute atomic E-state index is 6.10. The number of guanidine groups is 1. The van der Waals surface area contributed by atoms with Crippen LogP contribution in [0.2, 0.25) is 0 Å². The van der Waals surface area contributed by atoms with Crippen LogP contribution in [-0.4, -0.2) is 69.2 Å². The molecule has 1 aliphatic heterocycles. The van der Waals surface area contributed by atoms with Gasteiger partial charge in [-0.1, -0.05) is 19.1 Å². The maximum Gasteiger partial charge on any atom is 0.188 e. The Balaban J connectivity index is 0.00000338. The monoisotopic (exact) mass is 475 g/mol. The molecule has 2 rings (SSSR count). The van der Waals surface area contributed by atoms with Gasteiger partial charge in [-0.05, 0) is 57.7 Å². The van der Waals surface area contributed by atoms with Crippen molar-refractivity contribution < 1.29 is 4.74 Å². The van der Waals surface area contributed by atoms with E-state index in [2.05, 4.69) is 53.3 Å². The Hall–Kier alpha value is -1.06. The van der Waals surface area contributed by atoms with Gasteiger partial charge in [0.25, 0.3) is 0 Å². The predicted molar refractivity (Wildman–Crippen MR) is 120 cm³/mol. The molecule has 1 saturated heterocycles. The average Bonchev–Trinajstić information content (AvgIpc) is 3.07. The number of hydrogen-bond acceptors (Lipinski definition) is 4. The predicted octanol–water partition coefficient (Wildman–Crippen LogP) is 2.30. The molecule has 1 fully saturated rings. The van der Waals surface area contributed by atoms with E-state index in [4.69, 9.17) is 10.5 Å². The normalized spacial score (nSPS) is 19.3. The molecule has 148 valence electrons. The zero-order valence-corrected chi connectivity index (χ0v) is 18.8. The molecule has 1 aliphatic rings. The number of methoxy groups -OCH3 is 1. The molecule has 26 heavy (non-hydrogen) atoms. The summed E-state index contributed by atoms with van der Waals surface area (Å²) in [5, 5.41) is 3.30. The Bertz CT molecular complexity index is 567. The Kier molecular flexibility index (Phi) is 10.3. The number of hydrogen-bond donors (Lipinski definition) is 2. The molecule has 7 heteroatoms. The second-order valence-corrected chi connectivity index (χ2v) is 6.79. The van der Waals surface area contributed by atoms with Gasteiger partial charge in [0.15, 0.2) is 5.96 Å². The van der Waals surface area contributed by atoms with Crippen molar-refractivity contribution in [1.29, 1.82) is 0 Å². The van der Waals surface area contributed by atoms with Gasteiger partial charge in [-0.15, -0.1) is 24.0 Å². The lowest BCUT2D eigenvalue weighted by Crippen LogP contribution is -2.43. The highest BCUT2D eigenvalue weighted by Gasteiger charge is 2.22.